The molecule has 0 aromatic heterocycles. The summed E-state index contributed by atoms with van der Waals surface area (Å²) in [4.78, 5) is 21.9. The molecule has 76 valence electrons. The van der Waals surface area contributed by atoms with Crippen LogP contribution in [-0.2, 0) is 0 Å². The Kier molecular flexibility index (Phi) is 3.69. The van der Waals surface area contributed by atoms with Gasteiger partial charge >= 0.3 is 0 Å². The van der Waals surface area contributed by atoms with Crippen LogP contribution >= 0.6 is 15.9 Å². The SMILES string of the molecule is N#Cc1cc(F)c(C=O)c(C(=O)CBr)c1. The molecule has 0 spiro atoms. The van der Waals surface area contributed by atoms with E-state index < -0.39 is 11.6 Å². The summed E-state index contributed by atoms with van der Waals surface area (Å²) in [6.45, 7) is 0. The van der Waals surface area contributed by atoms with E-state index in [1.165, 1.54) is 6.07 Å². The standard InChI is InChI=1S/C10H5BrFNO2/c11-3-10(15)7-1-6(4-13)2-9(12)8(7)5-14/h1-2,5H,3H2. The number of ketones is 1. The number of nitrogens with zero attached hydrogens (tertiary/aromatic N) is 1. The molecule has 0 radical (unpaired) electrons. The van der Waals surface area contributed by atoms with Crippen molar-refractivity contribution in [3.63, 3.8) is 0 Å². The molecule has 1 aromatic carbocycles. The maximum absolute atomic E-state index is 13.2. The van der Waals surface area contributed by atoms with Crippen LogP contribution in [-0.4, -0.2) is 17.4 Å². The number of benzene rings is 1. The average Bonchev–Trinajstić information content (AvgIpc) is 2.26. The largest absolute Gasteiger partial charge is 0.298 e. The molecule has 0 saturated carbocycles. The van der Waals surface area contributed by atoms with Crippen LogP contribution < -0.4 is 0 Å². The lowest BCUT2D eigenvalue weighted by Gasteiger charge is -2.03. The zero-order chi connectivity index (χ0) is 11.4. The summed E-state index contributed by atoms with van der Waals surface area (Å²) in [5, 5.41) is 8.55. The summed E-state index contributed by atoms with van der Waals surface area (Å²) < 4.78 is 13.2. The number of hydrogen-bond donors (Lipinski definition) is 0. The number of hydrogen-bond acceptors (Lipinski definition) is 3. The summed E-state index contributed by atoms with van der Waals surface area (Å²) in [7, 11) is 0. The molecule has 1 aromatic rings. The van der Waals surface area contributed by atoms with Gasteiger partial charge in [0.1, 0.15) is 5.82 Å². The van der Waals surface area contributed by atoms with Crippen LogP contribution in [0.15, 0.2) is 12.1 Å². The normalized spacial score (nSPS) is 9.40. The summed E-state index contributed by atoms with van der Waals surface area (Å²) in [5.41, 5.74) is -0.362. The first-order valence-corrected chi connectivity index (χ1v) is 5.04. The molecule has 0 fully saturated rings. The van der Waals surface area contributed by atoms with Crippen LogP contribution in [0.5, 0.6) is 0 Å². The molecule has 0 amide bonds. The van der Waals surface area contributed by atoms with Crippen LogP contribution in [0.2, 0.25) is 0 Å². The van der Waals surface area contributed by atoms with Gasteiger partial charge in [-0.1, -0.05) is 15.9 Å². The van der Waals surface area contributed by atoms with Crippen molar-refractivity contribution in [3.8, 4) is 6.07 Å². The minimum absolute atomic E-state index is 0.0161. The van der Waals surface area contributed by atoms with E-state index in [9.17, 15) is 14.0 Å². The Hall–Kier alpha value is -1.54. The van der Waals surface area contributed by atoms with E-state index in [0.29, 0.717) is 0 Å². The van der Waals surface area contributed by atoms with Crippen molar-refractivity contribution in [2.75, 3.05) is 5.33 Å². The molecule has 0 heterocycles. The molecular weight excluding hydrogens is 265 g/mol. The fraction of sp³-hybridized carbons (Fsp3) is 0.100. The van der Waals surface area contributed by atoms with E-state index in [1.807, 2.05) is 0 Å². The second-order valence-electron chi connectivity index (χ2n) is 2.71. The minimum Gasteiger partial charge on any atom is -0.298 e. The molecule has 0 aliphatic heterocycles. The monoisotopic (exact) mass is 269 g/mol. The Morgan fingerprint density at radius 2 is 2.27 bits per heavy atom. The van der Waals surface area contributed by atoms with Crippen LogP contribution in [0.3, 0.4) is 0 Å². The second-order valence-corrected chi connectivity index (χ2v) is 3.27. The molecule has 0 aliphatic carbocycles. The van der Waals surface area contributed by atoms with E-state index >= 15 is 0 Å². The molecule has 1 rings (SSSR count). The van der Waals surface area contributed by atoms with Gasteiger partial charge in [-0.25, -0.2) is 4.39 Å². The summed E-state index contributed by atoms with van der Waals surface area (Å²) >= 11 is 2.92. The van der Waals surface area contributed by atoms with Gasteiger partial charge in [0.2, 0.25) is 0 Å². The first-order valence-electron chi connectivity index (χ1n) is 3.92. The van der Waals surface area contributed by atoms with Gasteiger partial charge < -0.3 is 0 Å². The van der Waals surface area contributed by atoms with Gasteiger partial charge in [0.25, 0.3) is 0 Å². The first kappa shape index (κ1) is 11.5. The fourth-order valence-electron chi connectivity index (χ4n) is 1.10. The van der Waals surface area contributed by atoms with Crippen molar-refractivity contribution in [2.45, 2.75) is 0 Å². The van der Waals surface area contributed by atoms with Gasteiger partial charge in [-0.2, -0.15) is 5.26 Å². The summed E-state index contributed by atoms with van der Waals surface area (Å²) in [6, 6.07) is 3.85. The van der Waals surface area contributed by atoms with E-state index in [0.717, 1.165) is 6.07 Å². The molecule has 0 N–H and O–H groups in total. The zero-order valence-corrected chi connectivity index (χ0v) is 9.04. The molecule has 5 heteroatoms. The highest BCUT2D eigenvalue weighted by Gasteiger charge is 2.15. The lowest BCUT2D eigenvalue weighted by molar-refractivity contribution is 0.101. The quantitative estimate of drug-likeness (QED) is 0.480. The number of halogens is 2. The number of aldehydes is 1. The predicted molar refractivity (Wildman–Crippen MR) is 54.6 cm³/mol. The van der Waals surface area contributed by atoms with Gasteiger partial charge in [-0.3, -0.25) is 9.59 Å². The Morgan fingerprint density at radius 1 is 1.60 bits per heavy atom. The maximum Gasteiger partial charge on any atom is 0.174 e. The number of alkyl halides is 1. The smallest absolute Gasteiger partial charge is 0.174 e. The van der Waals surface area contributed by atoms with Gasteiger partial charge in [-0.15, -0.1) is 0 Å². The fourth-order valence-corrected chi connectivity index (χ4v) is 1.41. The Bertz CT molecular complexity index is 465. The van der Waals surface area contributed by atoms with Crippen LogP contribution in [0, 0.1) is 17.1 Å². The number of Topliss-reactive ketones (excluding diaryl/α,β-unsaturated/α-hetero) is 1. The van der Waals surface area contributed by atoms with Crippen molar-refractivity contribution in [1.29, 1.82) is 5.26 Å². The number of carbonyl (C=O) groups excluding carboxylic acids is 2. The molecule has 0 atom stereocenters. The molecule has 0 aliphatic rings. The highest BCUT2D eigenvalue weighted by Crippen LogP contribution is 2.16. The molecule has 3 nitrogen and oxygen atoms in total. The predicted octanol–water partition coefficient (Wildman–Crippen LogP) is 2.09. The number of carbonyl (C=O) groups is 2. The lowest BCUT2D eigenvalue weighted by atomic mass is 10.0. The van der Waals surface area contributed by atoms with Crippen molar-refractivity contribution < 1.29 is 14.0 Å². The highest BCUT2D eigenvalue weighted by atomic mass is 79.9. The highest BCUT2D eigenvalue weighted by molar-refractivity contribution is 9.09. The molecule has 0 bridgehead atoms. The van der Waals surface area contributed by atoms with Crippen LogP contribution in [0.1, 0.15) is 26.3 Å². The van der Waals surface area contributed by atoms with Crippen LogP contribution in [0.4, 0.5) is 4.39 Å². The molecule has 0 saturated heterocycles. The molecular formula is C10H5BrFNO2. The minimum atomic E-state index is -0.853. The summed E-state index contributed by atoms with van der Waals surface area (Å²) in [6.07, 6.45) is 0.270. The summed E-state index contributed by atoms with van der Waals surface area (Å²) in [5.74, 6) is -1.29. The van der Waals surface area contributed by atoms with Gasteiger partial charge in [0.05, 0.1) is 22.5 Å². The lowest BCUT2D eigenvalue weighted by Crippen LogP contribution is -2.07. The van der Waals surface area contributed by atoms with E-state index in [1.54, 1.807) is 6.07 Å². The number of nitriles is 1. The third-order valence-corrected chi connectivity index (χ3v) is 2.31. The van der Waals surface area contributed by atoms with Gasteiger partial charge in [0, 0.05) is 5.56 Å². The third-order valence-electron chi connectivity index (χ3n) is 1.80. The topological polar surface area (TPSA) is 57.9 Å². The van der Waals surface area contributed by atoms with Crippen molar-refractivity contribution >= 4 is 28.0 Å². The number of rotatable bonds is 3. The zero-order valence-electron chi connectivity index (χ0n) is 7.46. The van der Waals surface area contributed by atoms with Crippen molar-refractivity contribution in [2.24, 2.45) is 0 Å². The first-order chi connectivity index (χ1) is 7.13. The second kappa shape index (κ2) is 4.80. The Balaban J connectivity index is 3.46. The van der Waals surface area contributed by atoms with Gasteiger partial charge in [-0.05, 0) is 12.1 Å². The Morgan fingerprint density at radius 3 is 2.73 bits per heavy atom. The molecule has 0 unspecified atom stereocenters. The van der Waals surface area contributed by atoms with Crippen LogP contribution in [0.25, 0.3) is 0 Å². The van der Waals surface area contributed by atoms with E-state index in [-0.39, 0.29) is 28.3 Å². The average molecular weight is 270 g/mol. The van der Waals surface area contributed by atoms with E-state index in [2.05, 4.69) is 15.9 Å². The molecule has 15 heavy (non-hydrogen) atoms. The van der Waals surface area contributed by atoms with Crippen molar-refractivity contribution in [3.05, 3.63) is 34.6 Å². The van der Waals surface area contributed by atoms with Crippen molar-refractivity contribution in [1.82, 2.24) is 0 Å². The Labute approximate surface area is 93.6 Å². The maximum atomic E-state index is 13.2. The van der Waals surface area contributed by atoms with Gasteiger partial charge in [0.15, 0.2) is 12.1 Å². The third kappa shape index (κ3) is 2.28. The van der Waals surface area contributed by atoms with E-state index in [4.69, 9.17) is 5.26 Å².